The van der Waals surface area contributed by atoms with Crippen molar-refractivity contribution in [2.24, 2.45) is 11.7 Å². The molecule has 0 bridgehead atoms. The highest BCUT2D eigenvalue weighted by molar-refractivity contribution is 5.33. The summed E-state index contributed by atoms with van der Waals surface area (Å²) in [5.41, 5.74) is 6.54. The molecule has 1 aromatic rings. The predicted molar refractivity (Wildman–Crippen MR) is 70.2 cm³/mol. The number of nitrogens with two attached hydrogens (primary N) is 1. The van der Waals surface area contributed by atoms with E-state index in [0.717, 1.165) is 13.0 Å². The summed E-state index contributed by atoms with van der Waals surface area (Å²) in [6, 6.07) is 6.32. The molecule has 2 rings (SSSR count). The Morgan fingerprint density at radius 1 is 1.35 bits per heavy atom. The SMILES string of the molecule is CC1CCN(Cc2ccccc2OC(F)(F)F)CC1N. The molecule has 20 heavy (non-hydrogen) atoms. The lowest BCUT2D eigenvalue weighted by molar-refractivity contribution is -0.275. The highest BCUT2D eigenvalue weighted by Gasteiger charge is 2.32. The van der Waals surface area contributed by atoms with Gasteiger partial charge in [0.15, 0.2) is 0 Å². The molecule has 1 aliphatic rings. The van der Waals surface area contributed by atoms with Crippen molar-refractivity contribution in [1.29, 1.82) is 0 Å². The van der Waals surface area contributed by atoms with Gasteiger partial charge in [-0.25, -0.2) is 0 Å². The maximum atomic E-state index is 12.4. The van der Waals surface area contributed by atoms with Crippen LogP contribution in [-0.4, -0.2) is 30.4 Å². The zero-order valence-corrected chi connectivity index (χ0v) is 11.4. The van der Waals surface area contributed by atoms with E-state index in [2.05, 4.69) is 16.6 Å². The van der Waals surface area contributed by atoms with Gasteiger partial charge in [0.1, 0.15) is 5.75 Å². The summed E-state index contributed by atoms with van der Waals surface area (Å²) in [5.74, 6) is 0.320. The number of ether oxygens (including phenoxy) is 1. The van der Waals surface area contributed by atoms with Crippen LogP contribution in [0.25, 0.3) is 0 Å². The van der Waals surface area contributed by atoms with E-state index in [4.69, 9.17) is 5.73 Å². The zero-order chi connectivity index (χ0) is 14.8. The number of benzene rings is 1. The zero-order valence-electron chi connectivity index (χ0n) is 11.4. The van der Waals surface area contributed by atoms with Gasteiger partial charge in [0.2, 0.25) is 0 Å². The van der Waals surface area contributed by atoms with Gasteiger partial charge < -0.3 is 10.5 Å². The summed E-state index contributed by atoms with van der Waals surface area (Å²) in [4.78, 5) is 2.07. The van der Waals surface area contributed by atoms with Crippen molar-refractivity contribution in [3.05, 3.63) is 29.8 Å². The van der Waals surface area contributed by atoms with E-state index in [1.165, 1.54) is 12.1 Å². The molecule has 6 heteroatoms. The van der Waals surface area contributed by atoms with Gasteiger partial charge in [-0.3, -0.25) is 4.90 Å². The van der Waals surface area contributed by atoms with Crippen molar-refractivity contribution in [3.63, 3.8) is 0 Å². The standard InChI is InChI=1S/C14H19F3N2O/c1-10-6-7-19(9-12(10)18)8-11-4-2-3-5-13(11)20-14(15,16)17/h2-5,10,12H,6-9,18H2,1H3. The quantitative estimate of drug-likeness (QED) is 0.929. The van der Waals surface area contributed by atoms with Crippen molar-refractivity contribution in [2.75, 3.05) is 13.1 Å². The minimum atomic E-state index is -4.66. The molecule has 1 saturated heterocycles. The topological polar surface area (TPSA) is 38.5 Å². The van der Waals surface area contributed by atoms with Gasteiger partial charge in [-0.2, -0.15) is 0 Å². The molecular weight excluding hydrogens is 269 g/mol. The number of hydrogen-bond acceptors (Lipinski definition) is 3. The van der Waals surface area contributed by atoms with Crippen LogP contribution in [-0.2, 0) is 6.54 Å². The summed E-state index contributed by atoms with van der Waals surface area (Å²) in [6.45, 7) is 4.06. The monoisotopic (exact) mass is 288 g/mol. The average Bonchev–Trinajstić information content (AvgIpc) is 2.34. The molecule has 2 N–H and O–H groups in total. The summed E-state index contributed by atoms with van der Waals surface area (Å²) >= 11 is 0. The average molecular weight is 288 g/mol. The predicted octanol–water partition coefficient (Wildman–Crippen LogP) is 2.75. The van der Waals surface area contributed by atoms with Crippen LogP contribution in [0.3, 0.4) is 0 Å². The fourth-order valence-electron chi connectivity index (χ4n) is 2.41. The molecule has 0 spiro atoms. The van der Waals surface area contributed by atoms with Gasteiger partial charge in [0, 0.05) is 24.7 Å². The second-order valence-electron chi connectivity index (χ2n) is 5.32. The third-order valence-corrected chi connectivity index (χ3v) is 3.69. The van der Waals surface area contributed by atoms with E-state index in [1.807, 2.05) is 0 Å². The van der Waals surface area contributed by atoms with Crippen LogP contribution in [0.4, 0.5) is 13.2 Å². The number of para-hydroxylation sites is 1. The van der Waals surface area contributed by atoms with Crippen molar-refractivity contribution in [2.45, 2.75) is 32.3 Å². The molecule has 1 aliphatic heterocycles. The van der Waals surface area contributed by atoms with Crippen LogP contribution in [0.2, 0.25) is 0 Å². The Morgan fingerprint density at radius 3 is 2.70 bits per heavy atom. The molecule has 0 amide bonds. The van der Waals surface area contributed by atoms with Crippen LogP contribution in [0.1, 0.15) is 18.9 Å². The third kappa shape index (κ3) is 4.11. The van der Waals surface area contributed by atoms with Gasteiger partial charge in [0.25, 0.3) is 0 Å². The summed E-state index contributed by atoms with van der Waals surface area (Å²) in [6.07, 6.45) is -3.70. The Balaban J connectivity index is 2.06. The molecule has 0 aromatic heterocycles. The fourth-order valence-corrected chi connectivity index (χ4v) is 2.41. The van der Waals surface area contributed by atoms with Crippen molar-refractivity contribution < 1.29 is 17.9 Å². The smallest absolute Gasteiger partial charge is 0.405 e. The molecule has 0 saturated carbocycles. The normalized spacial score (nSPS) is 24.6. The van der Waals surface area contributed by atoms with Crippen LogP contribution in [0, 0.1) is 5.92 Å². The van der Waals surface area contributed by atoms with E-state index in [0.29, 0.717) is 24.6 Å². The third-order valence-electron chi connectivity index (χ3n) is 3.69. The van der Waals surface area contributed by atoms with E-state index < -0.39 is 6.36 Å². The van der Waals surface area contributed by atoms with Crippen LogP contribution < -0.4 is 10.5 Å². The van der Waals surface area contributed by atoms with Gasteiger partial charge in [-0.05, 0) is 24.9 Å². The molecular formula is C14H19F3N2O. The first-order valence-corrected chi connectivity index (χ1v) is 6.67. The number of nitrogens with zero attached hydrogens (tertiary/aromatic N) is 1. The first kappa shape index (κ1) is 15.1. The second-order valence-corrected chi connectivity index (χ2v) is 5.32. The van der Waals surface area contributed by atoms with E-state index in [9.17, 15) is 13.2 Å². The first-order valence-electron chi connectivity index (χ1n) is 6.67. The highest BCUT2D eigenvalue weighted by atomic mass is 19.4. The van der Waals surface area contributed by atoms with Gasteiger partial charge in [-0.1, -0.05) is 25.1 Å². The molecule has 1 heterocycles. The molecule has 112 valence electrons. The van der Waals surface area contributed by atoms with Gasteiger partial charge >= 0.3 is 6.36 Å². The second kappa shape index (κ2) is 6.01. The van der Waals surface area contributed by atoms with Crippen LogP contribution in [0.15, 0.2) is 24.3 Å². The lowest BCUT2D eigenvalue weighted by atomic mass is 9.94. The summed E-state index contributed by atoms with van der Waals surface area (Å²) in [5, 5.41) is 0. The Kier molecular flexibility index (Phi) is 4.55. The van der Waals surface area contributed by atoms with Crippen LogP contribution in [0.5, 0.6) is 5.75 Å². The number of piperidine rings is 1. The number of hydrogen-bond donors (Lipinski definition) is 1. The maximum Gasteiger partial charge on any atom is 0.573 e. The van der Waals surface area contributed by atoms with Gasteiger partial charge in [0.05, 0.1) is 0 Å². The minimum Gasteiger partial charge on any atom is -0.405 e. The Hall–Kier alpha value is -1.27. The van der Waals surface area contributed by atoms with E-state index in [-0.39, 0.29) is 11.8 Å². The van der Waals surface area contributed by atoms with Crippen molar-refractivity contribution >= 4 is 0 Å². The Labute approximate surface area is 116 Å². The Bertz CT molecular complexity index is 450. The lowest BCUT2D eigenvalue weighted by Crippen LogP contribution is -2.47. The molecule has 2 unspecified atom stereocenters. The Morgan fingerprint density at radius 2 is 2.05 bits per heavy atom. The first-order chi connectivity index (χ1) is 9.35. The molecule has 1 fully saturated rings. The molecule has 3 nitrogen and oxygen atoms in total. The van der Waals surface area contributed by atoms with Gasteiger partial charge in [-0.15, -0.1) is 13.2 Å². The lowest BCUT2D eigenvalue weighted by Gasteiger charge is -2.35. The number of likely N-dealkylation sites (tertiary alicyclic amines) is 1. The fraction of sp³-hybridized carbons (Fsp3) is 0.571. The van der Waals surface area contributed by atoms with E-state index >= 15 is 0 Å². The highest BCUT2D eigenvalue weighted by Crippen LogP contribution is 2.28. The summed E-state index contributed by atoms with van der Waals surface area (Å²) < 4.78 is 41.1. The van der Waals surface area contributed by atoms with Crippen LogP contribution >= 0.6 is 0 Å². The molecule has 2 atom stereocenters. The number of rotatable bonds is 3. The number of halogens is 3. The largest absolute Gasteiger partial charge is 0.573 e. The molecule has 1 aromatic carbocycles. The maximum absolute atomic E-state index is 12.4. The molecule has 0 aliphatic carbocycles. The minimum absolute atomic E-state index is 0.0689. The summed E-state index contributed by atoms with van der Waals surface area (Å²) in [7, 11) is 0. The van der Waals surface area contributed by atoms with E-state index in [1.54, 1.807) is 12.1 Å². The number of alkyl halides is 3. The van der Waals surface area contributed by atoms with Crippen molar-refractivity contribution in [3.8, 4) is 5.75 Å². The van der Waals surface area contributed by atoms with Crippen molar-refractivity contribution in [1.82, 2.24) is 4.90 Å². The molecule has 0 radical (unpaired) electrons.